The van der Waals surface area contributed by atoms with Crippen molar-refractivity contribution in [2.24, 2.45) is 0 Å². The molecule has 0 unspecified atom stereocenters. The van der Waals surface area contributed by atoms with Crippen molar-refractivity contribution in [2.45, 2.75) is 51.4 Å². The van der Waals surface area contributed by atoms with E-state index in [0.29, 0.717) is 13.0 Å². The Morgan fingerprint density at radius 1 is 1.30 bits per heavy atom. The summed E-state index contributed by atoms with van der Waals surface area (Å²) in [5.41, 5.74) is 0.423. The van der Waals surface area contributed by atoms with Crippen molar-refractivity contribution in [1.29, 1.82) is 0 Å². The molecule has 0 bridgehead atoms. The lowest BCUT2D eigenvalue weighted by atomic mass is 9.93. The van der Waals surface area contributed by atoms with Crippen LogP contribution in [0.5, 0.6) is 0 Å². The van der Waals surface area contributed by atoms with Crippen molar-refractivity contribution in [3.63, 3.8) is 0 Å². The molecule has 2 rings (SSSR count). The predicted octanol–water partition coefficient (Wildman–Crippen LogP) is 3.12. The molecule has 1 amide bonds. The normalized spacial score (nSPS) is 23.5. The Morgan fingerprint density at radius 2 is 1.95 bits per heavy atom. The predicted molar refractivity (Wildman–Crippen MR) is 77.4 cm³/mol. The van der Waals surface area contributed by atoms with Gasteiger partial charge in [0.05, 0.1) is 12.1 Å². The fraction of sp³-hybridized carbons (Fsp3) is 0.562. The van der Waals surface area contributed by atoms with Gasteiger partial charge < -0.3 is 9.84 Å². The number of nitrogens with zero attached hydrogens (tertiary/aromatic N) is 1. The van der Waals surface area contributed by atoms with Gasteiger partial charge in [0.2, 0.25) is 0 Å². The Hall–Kier alpha value is -1.55. The number of aliphatic hydroxyl groups is 1. The van der Waals surface area contributed by atoms with Crippen LogP contribution in [0.25, 0.3) is 0 Å². The van der Waals surface area contributed by atoms with Crippen molar-refractivity contribution >= 4 is 6.09 Å². The summed E-state index contributed by atoms with van der Waals surface area (Å²) in [4.78, 5) is 14.0. The second-order valence-electron chi connectivity index (χ2n) is 6.24. The molecule has 4 heteroatoms. The van der Waals surface area contributed by atoms with Gasteiger partial charge in [0, 0.05) is 6.54 Å². The van der Waals surface area contributed by atoms with Gasteiger partial charge in [-0.15, -0.1) is 0 Å². The third kappa shape index (κ3) is 3.51. The van der Waals surface area contributed by atoms with Gasteiger partial charge in [-0.1, -0.05) is 30.3 Å². The van der Waals surface area contributed by atoms with Gasteiger partial charge in [0.25, 0.3) is 0 Å². The molecule has 1 aromatic rings. The smallest absolute Gasteiger partial charge is 0.410 e. The molecule has 0 aromatic heterocycles. The summed E-state index contributed by atoms with van der Waals surface area (Å²) in [5.74, 6) is 0. The molecule has 0 radical (unpaired) electrons. The van der Waals surface area contributed by atoms with E-state index in [1.807, 2.05) is 51.1 Å². The summed E-state index contributed by atoms with van der Waals surface area (Å²) < 4.78 is 5.45. The number of ether oxygens (including phenoxy) is 1. The minimum absolute atomic E-state index is 0.320. The van der Waals surface area contributed by atoms with Crippen LogP contribution in [0, 0.1) is 0 Å². The zero-order valence-corrected chi connectivity index (χ0v) is 12.4. The van der Waals surface area contributed by atoms with Crippen LogP contribution in [0.2, 0.25) is 0 Å². The summed E-state index contributed by atoms with van der Waals surface area (Å²) in [6.07, 6.45) is 0.603. The van der Waals surface area contributed by atoms with Gasteiger partial charge in [-0.2, -0.15) is 0 Å². The maximum Gasteiger partial charge on any atom is 0.410 e. The molecule has 110 valence electrons. The number of amides is 1. The molecule has 4 nitrogen and oxygen atoms in total. The van der Waals surface area contributed by atoms with Crippen LogP contribution in [0.15, 0.2) is 30.3 Å². The van der Waals surface area contributed by atoms with Crippen molar-refractivity contribution in [3.05, 3.63) is 35.9 Å². The third-order valence-corrected chi connectivity index (χ3v) is 3.37. The number of carbonyl (C=O) groups excluding carboxylic acids is 1. The van der Waals surface area contributed by atoms with E-state index in [1.54, 1.807) is 4.90 Å². The van der Waals surface area contributed by atoms with Crippen LogP contribution in [0.4, 0.5) is 4.79 Å². The number of rotatable bonds is 1. The number of aliphatic hydroxyl groups excluding tert-OH is 1. The fourth-order valence-electron chi connectivity index (χ4n) is 2.55. The van der Waals surface area contributed by atoms with Gasteiger partial charge in [0.15, 0.2) is 0 Å². The van der Waals surface area contributed by atoms with Gasteiger partial charge in [0.1, 0.15) is 5.60 Å². The topological polar surface area (TPSA) is 49.8 Å². The SMILES string of the molecule is CC(C)(C)OC(=O)N1CCC[C@@H](O)[C@@H]1c1ccccc1. The second-order valence-corrected chi connectivity index (χ2v) is 6.24. The van der Waals surface area contributed by atoms with Gasteiger partial charge >= 0.3 is 6.09 Å². The summed E-state index contributed by atoms with van der Waals surface area (Å²) in [7, 11) is 0. The molecule has 20 heavy (non-hydrogen) atoms. The molecule has 1 aliphatic heterocycles. The molecular weight excluding hydrogens is 254 g/mol. The Labute approximate surface area is 120 Å². The molecule has 1 aromatic carbocycles. The molecule has 0 spiro atoms. The summed E-state index contributed by atoms with van der Waals surface area (Å²) in [5, 5.41) is 10.3. The van der Waals surface area contributed by atoms with Gasteiger partial charge in [-0.3, -0.25) is 4.90 Å². The van der Waals surface area contributed by atoms with E-state index in [1.165, 1.54) is 0 Å². The first-order valence-electron chi connectivity index (χ1n) is 7.11. The summed E-state index contributed by atoms with van der Waals surface area (Å²) in [6, 6.07) is 9.33. The average Bonchev–Trinajstić information content (AvgIpc) is 2.37. The van der Waals surface area contributed by atoms with E-state index < -0.39 is 11.7 Å². The first kappa shape index (κ1) is 14.9. The zero-order chi connectivity index (χ0) is 14.8. The van der Waals surface area contributed by atoms with E-state index in [2.05, 4.69) is 0 Å². The van der Waals surface area contributed by atoms with Crippen molar-refractivity contribution in [1.82, 2.24) is 4.90 Å². The summed E-state index contributed by atoms with van der Waals surface area (Å²) >= 11 is 0. The number of benzene rings is 1. The molecule has 1 heterocycles. The lowest BCUT2D eigenvalue weighted by molar-refractivity contribution is -0.0239. The highest BCUT2D eigenvalue weighted by Crippen LogP contribution is 2.32. The van der Waals surface area contributed by atoms with E-state index in [-0.39, 0.29) is 12.1 Å². The van der Waals surface area contributed by atoms with Crippen molar-refractivity contribution < 1.29 is 14.6 Å². The Kier molecular flexibility index (Phi) is 4.33. The molecule has 1 N–H and O–H groups in total. The Morgan fingerprint density at radius 3 is 2.55 bits per heavy atom. The number of carbonyl (C=O) groups is 1. The minimum Gasteiger partial charge on any atom is -0.444 e. The van der Waals surface area contributed by atoms with Crippen molar-refractivity contribution in [3.8, 4) is 0 Å². The Balaban J connectivity index is 2.23. The van der Waals surface area contributed by atoms with E-state index in [4.69, 9.17) is 4.74 Å². The number of hydrogen-bond donors (Lipinski definition) is 1. The number of likely N-dealkylation sites (tertiary alicyclic amines) is 1. The lowest BCUT2D eigenvalue weighted by Crippen LogP contribution is -2.47. The highest BCUT2D eigenvalue weighted by atomic mass is 16.6. The van der Waals surface area contributed by atoms with E-state index >= 15 is 0 Å². The standard InChI is InChI=1S/C16H23NO3/c1-16(2,3)20-15(19)17-11-7-10-13(18)14(17)12-8-5-4-6-9-12/h4-6,8-9,13-14,18H,7,10-11H2,1-3H3/t13-,14+/m1/s1. The highest BCUT2D eigenvalue weighted by molar-refractivity contribution is 5.69. The quantitative estimate of drug-likeness (QED) is 0.858. The van der Waals surface area contributed by atoms with Crippen LogP contribution in [0.3, 0.4) is 0 Å². The van der Waals surface area contributed by atoms with E-state index in [9.17, 15) is 9.90 Å². The first-order chi connectivity index (χ1) is 9.38. The Bertz CT molecular complexity index is 453. The molecule has 1 aliphatic rings. The van der Waals surface area contributed by atoms with Crippen LogP contribution >= 0.6 is 0 Å². The van der Waals surface area contributed by atoms with Crippen molar-refractivity contribution in [2.75, 3.05) is 6.54 Å². The van der Waals surface area contributed by atoms with Crippen LogP contribution in [-0.4, -0.2) is 34.3 Å². The number of hydrogen-bond acceptors (Lipinski definition) is 3. The van der Waals surface area contributed by atoms with Gasteiger partial charge in [-0.05, 0) is 39.2 Å². The largest absolute Gasteiger partial charge is 0.444 e. The maximum absolute atomic E-state index is 12.3. The average molecular weight is 277 g/mol. The maximum atomic E-state index is 12.3. The second kappa shape index (κ2) is 5.83. The molecule has 0 aliphatic carbocycles. The van der Waals surface area contributed by atoms with Gasteiger partial charge in [-0.25, -0.2) is 4.79 Å². The minimum atomic E-state index is -0.543. The lowest BCUT2D eigenvalue weighted by Gasteiger charge is -2.39. The van der Waals surface area contributed by atoms with Crippen LogP contribution in [0.1, 0.15) is 45.2 Å². The molecule has 2 atom stereocenters. The fourth-order valence-corrected chi connectivity index (χ4v) is 2.55. The highest BCUT2D eigenvalue weighted by Gasteiger charge is 2.36. The molecule has 1 saturated heterocycles. The monoisotopic (exact) mass is 277 g/mol. The van der Waals surface area contributed by atoms with E-state index in [0.717, 1.165) is 12.0 Å². The molecule has 0 saturated carbocycles. The third-order valence-electron chi connectivity index (χ3n) is 3.37. The molecular formula is C16H23NO3. The molecule has 1 fully saturated rings. The number of piperidine rings is 1. The van der Waals surface area contributed by atoms with Crippen LogP contribution < -0.4 is 0 Å². The summed E-state index contributed by atoms with van der Waals surface area (Å²) in [6.45, 7) is 6.17. The van der Waals surface area contributed by atoms with Crippen LogP contribution in [-0.2, 0) is 4.74 Å². The first-order valence-corrected chi connectivity index (χ1v) is 7.11. The zero-order valence-electron chi connectivity index (χ0n) is 12.4.